The van der Waals surface area contributed by atoms with Crippen LogP contribution in [0.3, 0.4) is 0 Å². The molecule has 0 spiro atoms. The number of methoxy groups -OCH3 is 1. The van der Waals surface area contributed by atoms with Crippen LogP contribution in [0.2, 0.25) is 0 Å². The van der Waals surface area contributed by atoms with Crippen molar-refractivity contribution >= 4 is 5.91 Å². The molecule has 0 aliphatic carbocycles. The van der Waals surface area contributed by atoms with E-state index in [4.69, 9.17) is 10.00 Å². The van der Waals surface area contributed by atoms with Gasteiger partial charge in [-0.05, 0) is 24.6 Å². The number of rotatable bonds is 2. The van der Waals surface area contributed by atoms with Crippen molar-refractivity contribution in [2.45, 2.75) is 6.92 Å². The summed E-state index contributed by atoms with van der Waals surface area (Å²) in [6.45, 7) is 1.88. The Hall–Kier alpha value is -2.02. The lowest BCUT2D eigenvalue weighted by Gasteiger charge is -2.05. The number of amides is 1. The molecule has 0 unspecified atom stereocenters. The maximum Gasteiger partial charge on any atom is 0.264 e. The quantitative estimate of drug-likeness (QED) is 0.563. The zero-order valence-electron chi connectivity index (χ0n) is 8.00. The average Bonchev–Trinajstić information content (AvgIpc) is 2.19. The Morgan fingerprint density at radius 2 is 2.29 bits per heavy atom. The van der Waals surface area contributed by atoms with Crippen LogP contribution >= 0.6 is 0 Å². The number of aryl methyl sites for hydroxylation is 1. The summed E-state index contributed by atoms with van der Waals surface area (Å²) in [7, 11) is 1.54. The molecule has 14 heavy (non-hydrogen) atoms. The van der Waals surface area contributed by atoms with E-state index in [-0.39, 0.29) is 0 Å². The number of carbonyl (C=O) groups excluding carboxylic acids is 1. The minimum Gasteiger partial charge on any atom is -0.496 e. The highest BCUT2D eigenvalue weighted by atomic mass is 16.5. The van der Waals surface area contributed by atoms with Gasteiger partial charge < -0.3 is 4.74 Å². The lowest BCUT2D eigenvalue weighted by atomic mass is 10.1. The molecule has 0 fully saturated rings. The molecule has 1 N–H and O–H groups in total. The van der Waals surface area contributed by atoms with Crippen LogP contribution in [0.25, 0.3) is 0 Å². The van der Waals surface area contributed by atoms with Gasteiger partial charge in [0.2, 0.25) is 0 Å². The number of nitriles is 1. The van der Waals surface area contributed by atoms with Gasteiger partial charge in [0.15, 0.2) is 6.19 Å². The smallest absolute Gasteiger partial charge is 0.264 e. The average molecular weight is 190 g/mol. The highest BCUT2D eigenvalue weighted by Crippen LogP contribution is 2.18. The Balaban J connectivity index is 3.01. The fourth-order valence-electron chi connectivity index (χ4n) is 1.08. The Morgan fingerprint density at radius 1 is 1.57 bits per heavy atom. The molecule has 0 atom stereocenters. The van der Waals surface area contributed by atoms with E-state index >= 15 is 0 Å². The van der Waals surface area contributed by atoms with Crippen molar-refractivity contribution in [2.75, 3.05) is 7.11 Å². The van der Waals surface area contributed by atoms with Crippen molar-refractivity contribution < 1.29 is 9.53 Å². The minimum absolute atomic E-state index is 0.411. The summed E-state index contributed by atoms with van der Waals surface area (Å²) in [6, 6.07) is 5.01. The zero-order chi connectivity index (χ0) is 10.6. The number of hydrogen-bond donors (Lipinski definition) is 1. The van der Waals surface area contributed by atoms with Crippen LogP contribution < -0.4 is 10.1 Å². The van der Waals surface area contributed by atoms with Gasteiger partial charge in [0.05, 0.1) is 7.11 Å². The lowest BCUT2D eigenvalue weighted by Crippen LogP contribution is -2.17. The molecule has 1 amide bonds. The summed E-state index contributed by atoms with van der Waals surface area (Å²) in [5.74, 6) is 0.210. The molecule has 0 saturated carbocycles. The van der Waals surface area contributed by atoms with Gasteiger partial charge in [-0.25, -0.2) is 0 Å². The van der Waals surface area contributed by atoms with Gasteiger partial charge in [-0.3, -0.25) is 10.1 Å². The molecule has 0 bridgehead atoms. The Kier molecular flexibility index (Phi) is 3.08. The van der Waals surface area contributed by atoms with Crippen LogP contribution in [0, 0.1) is 18.4 Å². The third kappa shape index (κ3) is 2.02. The summed E-state index contributed by atoms with van der Waals surface area (Å²) in [6.07, 6.45) is 1.58. The van der Waals surface area contributed by atoms with E-state index < -0.39 is 5.91 Å². The van der Waals surface area contributed by atoms with Crippen LogP contribution in [0.5, 0.6) is 5.75 Å². The van der Waals surface area contributed by atoms with Gasteiger partial charge in [-0.2, -0.15) is 5.26 Å². The van der Waals surface area contributed by atoms with Crippen LogP contribution in [-0.2, 0) is 0 Å². The van der Waals surface area contributed by atoms with E-state index in [1.807, 2.05) is 12.2 Å². The predicted molar refractivity (Wildman–Crippen MR) is 50.8 cm³/mol. The summed E-state index contributed by atoms with van der Waals surface area (Å²) in [5.41, 5.74) is 1.36. The Bertz CT molecular complexity index is 394. The molecule has 72 valence electrons. The van der Waals surface area contributed by atoms with Crippen molar-refractivity contribution in [3.8, 4) is 11.9 Å². The normalized spacial score (nSPS) is 8.93. The van der Waals surface area contributed by atoms with E-state index in [0.29, 0.717) is 11.3 Å². The highest BCUT2D eigenvalue weighted by Gasteiger charge is 2.07. The van der Waals surface area contributed by atoms with E-state index in [1.54, 1.807) is 24.4 Å². The summed E-state index contributed by atoms with van der Waals surface area (Å²) in [4.78, 5) is 11.2. The molecule has 4 heteroatoms. The van der Waals surface area contributed by atoms with Gasteiger partial charge in [0.25, 0.3) is 5.91 Å². The Labute approximate surface area is 82.1 Å². The fourth-order valence-corrected chi connectivity index (χ4v) is 1.08. The van der Waals surface area contributed by atoms with Gasteiger partial charge in [0, 0.05) is 5.56 Å². The molecule has 0 radical (unpaired) electrons. The van der Waals surface area contributed by atoms with Crippen molar-refractivity contribution in [3.05, 3.63) is 29.3 Å². The first kappa shape index (κ1) is 10.1. The number of carbonyl (C=O) groups is 1. The molecule has 0 saturated heterocycles. The molecular weight excluding hydrogens is 180 g/mol. The number of nitrogens with one attached hydrogen (secondary N) is 1. The summed E-state index contributed by atoms with van der Waals surface area (Å²) in [5, 5.41) is 10.3. The van der Waals surface area contributed by atoms with Crippen LogP contribution in [0.4, 0.5) is 0 Å². The Morgan fingerprint density at radius 3 is 2.86 bits per heavy atom. The largest absolute Gasteiger partial charge is 0.496 e. The second kappa shape index (κ2) is 4.28. The molecular formula is C10H10N2O2. The summed E-state index contributed by atoms with van der Waals surface area (Å²) >= 11 is 0. The fraction of sp³-hybridized carbons (Fsp3) is 0.200. The molecule has 1 aromatic rings. The maximum absolute atomic E-state index is 11.2. The third-order valence-corrected chi connectivity index (χ3v) is 1.84. The molecule has 4 nitrogen and oxygen atoms in total. The molecule has 1 aromatic carbocycles. The molecule has 0 heterocycles. The molecule has 0 aliphatic heterocycles. The van der Waals surface area contributed by atoms with E-state index in [2.05, 4.69) is 0 Å². The highest BCUT2D eigenvalue weighted by molar-refractivity contribution is 5.95. The second-order valence-electron chi connectivity index (χ2n) is 2.75. The molecule has 1 rings (SSSR count). The van der Waals surface area contributed by atoms with Crippen molar-refractivity contribution in [3.63, 3.8) is 0 Å². The minimum atomic E-state index is -0.425. The van der Waals surface area contributed by atoms with E-state index in [0.717, 1.165) is 5.56 Å². The monoisotopic (exact) mass is 190 g/mol. The third-order valence-electron chi connectivity index (χ3n) is 1.84. The SMILES string of the molecule is COc1cc(C(=O)NC#N)ccc1C. The molecule has 0 aromatic heterocycles. The van der Waals surface area contributed by atoms with Gasteiger partial charge in [-0.15, -0.1) is 0 Å². The summed E-state index contributed by atoms with van der Waals surface area (Å²) < 4.78 is 5.05. The van der Waals surface area contributed by atoms with Gasteiger partial charge >= 0.3 is 0 Å². The second-order valence-corrected chi connectivity index (χ2v) is 2.75. The molecule has 0 aliphatic rings. The number of hydrogen-bond acceptors (Lipinski definition) is 3. The topological polar surface area (TPSA) is 62.1 Å². The predicted octanol–water partition coefficient (Wildman–Crippen LogP) is 1.21. The van der Waals surface area contributed by atoms with Crippen molar-refractivity contribution in [1.29, 1.82) is 5.26 Å². The standard InChI is InChI=1S/C10H10N2O2/c1-7-3-4-8(5-9(7)14-2)10(13)12-6-11/h3-5H,1-2H3,(H,12,13). The van der Waals surface area contributed by atoms with Crippen LogP contribution in [0.1, 0.15) is 15.9 Å². The van der Waals surface area contributed by atoms with E-state index in [1.165, 1.54) is 7.11 Å². The van der Waals surface area contributed by atoms with Gasteiger partial charge in [-0.1, -0.05) is 6.07 Å². The van der Waals surface area contributed by atoms with Crippen LogP contribution in [-0.4, -0.2) is 13.0 Å². The number of ether oxygens (including phenoxy) is 1. The number of benzene rings is 1. The maximum atomic E-state index is 11.2. The first-order chi connectivity index (χ1) is 6.69. The lowest BCUT2D eigenvalue weighted by molar-refractivity contribution is 0.0972. The van der Waals surface area contributed by atoms with Crippen molar-refractivity contribution in [2.24, 2.45) is 0 Å². The van der Waals surface area contributed by atoms with Crippen molar-refractivity contribution in [1.82, 2.24) is 5.32 Å². The zero-order valence-corrected chi connectivity index (χ0v) is 8.00. The number of nitrogens with zero attached hydrogens (tertiary/aromatic N) is 1. The van der Waals surface area contributed by atoms with Crippen LogP contribution in [0.15, 0.2) is 18.2 Å². The first-order valence-corrected chi connectivity index (χ1v) is 4.03. The van der Waals surface area contributed by atoms with Gasteiger partial charge in [0.1, 0.15) is 5.75 Å². The first-order valence-electron chi connectivity index (χ1n) is 4.03. The van der Waals surface area contributed by atoms with E-state index in [9.17, 15) is 4.79 Å².